The van der Waals surface area contributed by atoms with Gasteiger partial charge in [0.25, 0.3) is 5.56 Å². The summed E-state index contributed by atoms with van der Waals surface area (Å²) in [4.78, 5) is 17.6. The minimum Gasteiger partial charge on any atom is -0.383 e. The molecule has 6 nitrogen and oxygen atoms in total. The Morgan fingerprint density at radius 3 is 2.47 bits per heavy atom. The highest BCUT2D eigenvalue weighted by molar-refractivity contribution is 5.55. The van der Waals surface area contributed by atoms with Crippen LogP contribution < -0.4 is 16.6 Å². The molecule has 0 saturated heterocycles. The lowest BCUT2D eigenvalue weighted by atomic mass is 10.2. The first kappa shape index (κ1) is 14.3. The van der Waals surface area contributed by atoms with Crippen LogP contribution in [-0.4, -0.2) is 9.97 Å². The summed E-state index contributed by atoms with van der Waals surface area (Å²) in [6.07, 6.45) is 0. The van der Waals surface area contributed by atoms with Crippen LogP contribution in [0, 0.1) is 11.3 Å². The van der Waals surface area contributed by atoms with Crippen molar-refractivity contribution in [1.29, 1.82) is 5.26 Å². The smallest absolute Gasteiger partial charge is 0.254 e. The summed E-state index contributed by atoms with van der Waals surface area (Å²) >= 11 is 0. The Bertz CT molecular complexity index is 625. The molecule has 0 unspecified atom stereocenters. The lowest BCUT2D eigenvalue weighted by molar-refractivity contribution is 1.13. The molecule has 98 valence electrons. The van der Waals surface area contributed by atoms with Gasteiger partial charge in [-0.2, -0.15) is 10.2 Å². The minimum absolute atomic E-state index is 0.143. The Labute approximate surface area is 110 Å². The molecule has 0 amide bonds. The Hall–Kier alpha value is -2.81. The van der Waals surface area contributed by atoms with E-state index in [0.717, 1.165) is 0 Å². The number of H-pyrrole nitrogens is 1. The molecule has 0 fully saturated rings. The Morgan fingerprint density at radius 1 is 1.32 bits per heavy atom. The zero-order valence-electron chi connectivity index (χ0n) is 10.8. The Kier molecular flexibility index (Phi) is 5.11. The number of nitrogens with two attached hydrogens (primary N) is 1. The molecule has 0 spiro atoms. The number of hydrogen-bond donors (Lipinski definition) is 3. The van der Waals surface area contributed by atoms with Crippen molar-refractivity contribution in [3.63, 3.8) is 0 Å². The third-order valence-electron chi connectivity index (χ3n) is 2.04. The van der Waals surface area contributed by atoms with Crippen LogP contribution >= 0.6 is 0 Å². The van der Waals surface area contributed by atoms with Gasteiger partial charge in [-0.05, 0) is 24.3 Å². The zero-order chi connectivity index (χ0) is 14.3. The summed E-state index contributed by atoms with van der Waals surface area (Å²) in [6, 6.07) is 9.95. The van der Waals surface area contributed by atoms with Crippen molar-refractivity contribution in [1.82, 2.24) is 9.97 Å². The third kappa shape index (κ3) is 4.16. The molecule has 0 radical (unpaired) electrons. The lowest BCUT2D eigenvalue weighted by Crippen LogP contribution is -2.11. The van der Waals surface area contributed by atoms with Gasteiger partial charge in [0.1, 0.15) is 5.82 Å². The van der Waals surface area contributed by atoms with Gasteiger partial charge in [-0.1, -0.05) is 13.8 Å². The number of nitrogens with zero attached hydrogens (tertiary/aromatic N) is 2. The van der Waals surface area contributed by atoms with Crippen molar-refractivity contribution in [2.24, 2.45) is 0 Å². The van der Waals surface area contributed by atoms with E-state index in [-0.39, 0.29) is 17.3 Å². The molecule has 0 bridgehead atoms. The van der Waals surface area contributed by atoms with E-state index in [1.165, 1.54) is 6.07 Å². The number of nitrogens with one attached hydrogen (secondary N) is 2. The van der Waals surface area contributed by atoms with Gasteiger partial charge in [-0.25, -0.2) is 0 Å². The molecule has 2 aromatic rings. The van der Waals surface area contributed by atoms with Crippen LogP contribution in [0.5, 0.6) is 0 Å². The van der Waals surface area contributed by atoms with Crippen LogP contribution in [0.25, 0.3) is 0 Å². The fraction of sp³-hybridized carbons (Fsp3) is 0.154. The quantitative estimate of drug-likeness (QED) is 0.762. The SMILES string of the molecule is CC.N#Cc1ccc(Nc2nc(N)cc(=O)[nH]2)cc1. The van der Waals surface area contributed by atoms with E-state index in [4.69, 9.17) is 11.0 Å². The highest BCUT2D eigenvalue weighted by Gasteiger charge is 1.99. The summed E-state index contributed by atoms with van der Waals surface area (Å²) in [5.41, 5.74) is 6.39. The zero-order valence-corrected chi connectivity index (χ0v) is 10.8. The maximum atomic E-state index is 11.1. The standard InChI is InChI=1S/C11H9N5O.C2H6/c12-6-7-1-3-8(4-2-7)14-11-15-9(13)5-10(17)16-11;1-2/h1-5H,(H4,13,14,15,16,17);1-2H3. The molecular formula is C13H15N5O. The van der Waals surface area contributed by atoms with Gasteiger partial charge >= 0.3 is 0 Å². The van der Waals surface area contributed by atoms with Gasteiger partial charge < -0.3 is 11.1 Å². The normalized spacial score (nSPS) is 8.89. The van der Waals surface area contributed by atoms with Gasteiger partial charge in [-0.3, -0.25) is 9.78 Å². The van der Waals surface area contributed by atoms with Crippen LogP contribution in [0.1, 0.15) is 19.4 Å². The van der Waals surface area contributed by atoms with Crippen molar-refractivity contribution in [2.45, 2.75) is 13.8 Å². The van der Waals surface area contributed by atoms with Gasteiger partial charge in [0.05, 0.1) is 11.6 Å². The number of rotatable bonds is 2. The molecule has 2 rings (SSSR count). The first-order chi connectivity index (χ1) is 9.17. The van der Waals surface area contributed by atoms with E-state index in [0.29, 0.717) is 11.3 Å². The Morgan fingerprint density at radius 2 is 1.95 bits per heavy atom. The predicted octanol–water partition coefficient (Wildman–Crippen LogP) is 1.99. The lowest BCUT2D eigenvalue weighted by Gasteiger charge is -2.05. The van der Waals surface area contributed by atoms with Crippen molar-refractivity contribution < 1.29 is 0 Å². The molecule has 6 heteroatoms. The van der Waals surface area contributed by atoms with E-state index in [2.05, 4.69) is 15.3 Å². The summed E-state index contributed by atoms with van der Waals surface area (Å²) in [7, 11) is 0. The average molecular weight is 257 g/mol. The molecule has 1 aromatic carbocycles. The number of benzene rings is 1. The van der Waals surface area contributed by atoms with Crippen LogP contribution in [0.15, 0.2) is 35.1 Å². The number of aromatic amines is 1. The average Bonchev–Trinajstić information content (AvgIpc) is 2.41. The van der Waals surface area contributed by atoms with Gasteiger partial charge in [0.15, 0.2) is 0 Å². The Balaban J connectivity index is 0.000000861. The number of anilines is 3. The molecule has 0 aliphatic heterocycles. The molecule has 0 aliphatic rings. The second kappa shape index (κ2) is 6.81. The van der Waals surface area contributed by atoms with Crippen LogP contribution in [0.3, 0.4) is 0 Å². The fourth-order valence-corrected chi connectivity index (χ4v) is 1.30. The number of nitriles is 1. The minimum atomic E-state index is -0.325. The number of aromatic nitrogens is 2. The van der Waals surface area contributed by atoms with Crippen molar-refractivity contribution in [3.05, 3.63) is 46.2 Å². The first-order valence-corrected chi connectivity index (χ1v) is 5.81. The highest BCUT2D eigenvalue weighted by atomic mass is 16.1. The summed E-state index contributed by atoms with van der Waals surface area (Å²) in [6.45, 7) is 4.00. The molecule has 1 heterocycles. The van der Waals surface area contributed by atoms with E-state index in [1.54, 1.807) is 24.3 Å². The monoisotopic (exact) mass is 257 g/mol. The maximum absolute atomic E-state index is 11.1. The van der Waals surface area contributed by atoms with E-state index >= 15 is 0 Å². The van der Waals surface area contributed by atoms with Crippen molar-refractivity contribution >= 4 is 17.5 Å². The van der Waals surface area contributed by atoms with E-state index in [9.17, 15) is 4.79 Å². The molecular weight excluding hydrogens is 242 g/mol. The van der Waals surface area contributed by atoms with Crippen molar-refractivity contribution in [3.8, 4) is 6.07 Å². The molecule has 0 aliphatic carbocycles. The summed E-state index contributed by atoms with van der Waals surface area (Å²) in [5.74, 6) is 0.407. The van der Waals surface area contributed by atoms with Gasteiger partial charge in [0.2, 0.25) is 5.95 Å². The van der Waals surface area contributed by atoms with Gasteiger partial charge in [0, 0.05) is 11.8 Å². The van der Waals surface area contributed by atoms with Gasteiger partial charge in [-0.15, -0.1) is 0 Å². The van der Waals surface area contributed by atoms with Crippen molar-refractivity contribution in [2.75, 3.05) is 11.1 Å². The van der Waals surface area contributed by atoms with Crippen LogP contribution in [-0.2, 0) is 0 Å². The second-order valence-electron chi connectivity index (χ2n) is 3.33. The third-order valence-corrected chi connectivity index (χ3v) is 2.04. The van der Waals surface area contributed by atoms with E-state index in [1.807, 2.05) is 19.9 Å². The molecule has 19 heavy (non-hydrogen) atoms. The van der Waals surface area contributed by atoms with Crippen LogP contribution in [0.2, 0.25) is 0 Å². The maximum Gasteiger partial charge on any atom is 0.254 e. The number of nitrogen functional groups attached to an aromatic ring is 1. The topological polar surface area (TPSA) is 108 Å². The highest BCUT2D eigenvalue weighted by Crippen LogP contribution is 2.13. The largest absolute Gasteiger partial charge is 0.383 e. The molecule has 4 N–H and O–H groups in total. The van der Waals surface area contributed by atoms with Crippen LogP contribution in [0.4, 0.5) is 17.5 Å². The first-order valence-electron chi connectivity index (χ1n) is 5.81. The molecule has 0 saturated carbocycles. The number of hydrogen-bond acceptors (Lipinski definition) is 5. The summed E-state index contributed by atoms with van der Waals surface area (Å²) < 4.78 is 0. The summed E-state index contributed by atoms with van der Waals surface area (Å²) in [5, 5.41) is 11.5. The fourth-order valence-electron chi connectivity index (χ4n) is 1.30. The second-order valence-corrected chi connectivity index (χ2v) is 3.33. The molecule has 0 atom stereocenters. The predicted molar refractivity (Wildman–Crippen MR) is 75.1 cm³/mol. The molecule has 1 aromatic heterocycles. The van der Waals surface area contributed by atoms with E-state index < -0.39 is 0 Å².